The lowest BCUT2D eigenvalue weighted by Crippen LogP contribution is -2.53. The molecule has 5 rings (SSSR count). The van der Waals surface area contributed by atoms with Crippen molar-refractivity contribution in [3.8, 4) is 5.69 Å². The fourth-order valence-electron chi connectivity index (χ4n) is 4.38. The Morgan fingerprint density at radius 1 is 1.00 bits per heavy atom. The second-order valence-corrected chi connectivity index (χ2v) is 8.30. The second kappa shape index (κ2) is 8.87. The van der Waals surface area contributed by atoms with E-state index in [9.17, 15) is 18.7 Å². The van der Waals surface area contributed by atoms with Crippen LogP contribution in [0.4, 0.5) is 19.3 Å². The largest absolute Gasteiger partial charge is 0.381 e. The lowest BCUT2D eigenvalue weighted by Gasteiger charge is -2.39. The minimum absolute atomic E-state index is 0.134. The lowest BCUT2D eigenvalue weighted by molar-refractivity contribution is -0.0475. The van der Waals surface area contributed by atoms with Crippen LogP contribution in [-0.4, -0.2) is 64.7 Å². The molecule has 4 aromatic rings. The molecule has 1 fully saturated rings. The number of aliphatic hydroxyl groups is 1. The van der Waals surface area contributed by atoms with Crippen molar-refractivity contribution >= 4 is 11.7 Å². The summed E-state index contributed by atoms with van der Waals surface area (Å²) in [5.41, 5.74) is -0.586. The maximum Gasteiger partial charge on any atom is 0.324 e. The van der Waals surface area contributed by atoms with Crippen molar-refractivity contribution < 1.29 is 18.7 Å². The number of amides is 2. The van der Waals surface area contributed by atoms with Gasteiger partial charge in [0.1, 0.15) is 42.5 Å². The maximum atomic E-state index is 14.8. The van der Waals surface area contributed by atoms with Crippen LogP contribution in [-0.2, 0) is 12.1 Å². The van der Waals surface area contributed by atoms with E-state index in [0.717, 1.165) is 11.8 Å². The van der Waals surface area contributed by atoms with E-state index in [1.807, 2.05) is 12.1 Å². The third-order valence-electron chi connectivity index (χ3n) is 6.31. The van der Waals surface area contributed by atoms with Crippen LogP contribution in [0.5, 0.6) is 0 Å². The average molecular weight is 480 g/mol. The van der Waals surface area contributed by atoms with Gasteiger partial charge in [0.25, 0.3) is 0 Å². The summed E-state index contributed by atoms with van der Waals surface area (Å²) in [7, 11) is 0. The van der Waals surface area contributed by atoms with Crippen molar-refractivity contribution in [2.45, 2.75) is 25.1 Å². The molecule has 35 heavy (non-hydrogen) atoms. The normalized spacial score (nSPS) is 16.5. The number of hydrogen-bond donors (Lipinski definition) is 1. The highest BCUT2D eigenvalue weighted by atomic mass is 19.1. The van der Waals surface area contributed by atoms with Crippen LogP contribution in [0, 0.1) is 11.6 Å². The van der Waals surface area contributed by atoms with Gasteiger partial charge in [0.2, 0.25) is 0 Å². The van der Waals surface area contributed by atoms with Crippen molar-refractivity contribution in [1.82, 2.24) is 34.4 Å². The minimum Gasteiger partial charge on any atom is -0.381 e. The first kappa shape index (κ1) is 22.6. The zero-order chi connectivity index (χ0) is 24.6. The molecule has 2 aromatic heterocycles. The molecule has 0 saturated carbocycles. The molecule has 3 heterocycles. The summed E-state index contributed by atoms with van der Waals surface area (Å²) >= 11 is 0. The number of benzene rings is 2. The van der Waals surface area contributed by atoms with E-state index in [-0.39, 0.29) is 18.1 Å². The van der Waals surface area contributed by atoms with Crippen molar-refractivity contribution in [2.75, 3.05) is 18.0 Å². The van der Waals surface area contributed by atoms with Crippen LogP contribution in [0.15, 0.2) is 67.8 Å². The van der Waals surface area contributed by atoms with Gasteiger partial charge >= 0.3 is 6.03 Å². The first-order chi connectivity index (χ1) is 16.9. The maximum absolute atomic E-state index is 14.8. The molecular formula is C23H22F2N8O2. The van der Waals surface area contributed by atoms with E-state index in [2.05, 4.69) is 20.2 Å². The summed E-state index contributed by atoms with van der Waals surface area (Å²) in [6.07, 6.45) is 5.68. The summed E-state index contributed by atoms with van der Waals surface area (Å²) in [6.45, 7) is 2.12. The van der Waals surface area contributed by atoms with Gasteiger partial charge in [-0.25, -0.2) is 32.9 Å². The summed E-state index contributed by atoms with van der Waals surface area (Å²) in [5.74, 6) is -1.67. The first-order valence-electron chi connectivity index (χ1n) is 10.9. The standard InChI is InChI=1S/C23H22F2N8O2/c1-16(23(35,11-30-14-26-12-28-30)20-7-2-17(24)10-21(20)25)31-8-9-32(22(31)34)18-3-5-19(6-4-18)33-15-27-13-29-33/h2-7,10,12-16,35H,8-9,11H2,1H3. The second-order valence-electron chi connectivity index (χ2n) is 8.30. The SMILES string of the molecule is CC(N1CCN(c2ccc(-n3cncn3)cc2)C1=O)C(O)(Cn1cncn1)c1ccc(F)cc1F. The van der Waals surface area contributed by atoms with Gasteiger partial charge in [0, 0.05) is 30.4 Å². The monoisotopic (exact) mass is 480 g/mol. The predicted molar refractivity (Wildman–Crippen MR) is 121 cm³/mol. The molecule has 2 atom stereocenters. The summed E-state index contributed by atoms with van der Waals surface area (Å²) in [6, 6.07) is 8.99. The molecule has 1 aliphatic heterocycles. The molecule has 10 nitrogen and oxygen atoms in total. The minimum atomic E-state index is -1.91. The van der Waals surface area contributed by atoms with Crippen LogP contribution in [0.3, 0.4) is 0 Å². The number of aromatic nitrogens is 6. The van der Waals surface area contributed by atoms with Gasteiger partial charge in [-0.05, 0) is 37.3 Å². The Morgan fingerprint density at radius 2 is 1.71 bits per heavy atom. The number of halogens is 2. The Hall–Kier alpha value is -4.19. The molecule has 0 radical (unpaired) electrons. The fraction of sp³-hybridized carbons (Fsp3) is 0.261. The summed E-state index contributed by atoms with van der Waals surface area (Å²) in [5, 5.41) is 19.9. The van der Waals surface area contributed by atoms with E-state index in [1.54, 1.807) is 35.0 Å². The number of hydrogen-bond acceptors (Lipinski definition) is 6. The summed E-state index contributed by atoms with van der Waals surface area (Å²) < 4.78 is 31.4. The van der Waals surface area contributed by atoms with Crippen LogP contribution in [0.25, 0.3) is 5.69 Å². The Kier molecular flexibility index (Phi) is 5.73. The van der Waals surface area contributed by atoms with Crippen LogP contribution >= 0.6 is 0 Å². The molecule has 0 spiro atoms. The highest BCUT2D eigenvalue weighted by Gasteiger charge is 2.46. The van der Waals surface area contributed by atoms with E-state index in [1.165, 1.54) is 34.6 Å². The van der Waals surface area contributed by atoms with Crippen LogP contribution in [0.1, 0.15) is 12.5 Å². The zero-order valence-corrected chi connectivity index (χ0v) is 18.7. The van der Waals surface area contributed by atoms with Gasteiger partial charge in [-0.15, -0.1) is 0 Å². The predicted octanol–water partition coefficient (Wildman–Crippen LogP) is 2.36. The van der Waals surface area contributed by atoms with E-state index in [4.69, 9.17) is 0 Å². The number of carbonyl (C=O) groups excluding carboxylic acids is 1. The zero-order valence-electron chi connectivity index (χ0n) is 18.7. The third kappa shape index (κ3) is 4.12. The van der Waals surface area contributed by atoms with Crippen molar-refractivity contribution in [1.29, 1.82) is 0 Å². The Labute approximate surface area is 199 Å². The molecule has 0 aliphatic carbocycles. The molecule has 12 heteroatoms. The number of urea groups is 1. The number of anilines is 1. The van der Waals surface area contributed by atoms with Gasteiger partial charge in [0.15, 0.2) is 0 Å². The quantitative estimate of drug-likeness (QED) is 0.436. The molecule has 2 unspecified atom stereocenters. The topological polar surface area (TPSA) is 105 Å². The summed E-state index contributed by atoms with van der Waals surface area (Å²) in [4.78, 5) is 24.3. The highest BCUT2D eigenvalue weighted by Crippen LogP contribution is 2.35. The van der Waals surface area contributed by atoms with Crippen LogP contribution in [0.2, 0.25) is 0 Å². The van der Waals surface area contributed by atoms with Crippen LogP contribution < -0.4 is 4.90 Å². The van der Waals surface area contributed by atoms with Crippen molar-refractivity contribution in [3.63, 3.8) is 0 Å². The van der Waals surface area contributed by atoms with E-state index < -0.39 is 23.3 Å². The number of nitrogens with zero attached hydrogens (tertiary/aromatic N) is 8. The average Bonchev–Trinajstić information content (AvgIpc) is 3.61. The van der Waals surface area contributed by atoms with Gasteiger partial charge in [0.05, 0.1) is 18.3 Å². The molecular weight excluding hydrogens is 458 g/mol. The van der Waals surface area contributed by atoms with Gasteiger partial charge in [-0.1, -0.05) is 6.07 Å². The van der Waals surface area contributed by atoms with Gasteiger partial charge in [-0.2, -0.15) is 10.2 Å². The Morgan fingerprint density at radius 3 is 2.37 bits per heavy atom. The van der Waals surface area contributed by atoms with Crippen molar-refractivity contribution in [3.05, 3.63) is 85.0 Å². The van der Waals surface area contributed by atoms with Crippen molar-refractivity contribution in [2.24, 2.45) is 0 Å². The third-order valence-corrected chi connectivity index (χ3v) is 6.31. The van der Waals surface area contributed by atoms with Gasteiger partial charge in [-0.3, -0.25) is 4.90 Å². The van der Waals surface area contributed by atoms with E-state index >= 15 is 0 Å². The lowest BCUT2D eigenvalue weighted by atomic mass is 9.85. The van der Waals surface area contributed by atoms with E-state index in [0.29, 0.717) is 24.8 Å². The molecule has 1 saturated heterocycles. The Bertz CT molecular complexity index is 1310. The highest BCUT2D eigenvalue weighted by molar-refractivity contribution is 5.94. The fourth-order valence-corrected chi connectivity index (χ4v) is 4.38. The smallest absolute Gasteiger partial charge is 0.324 e. The molecule has 2 aromatic carbocycles. The molecule has 1 aliphatic rings. The number of rotatable bonds is 7. The number of carbonyl (C=O) groups is 1. The van der Waals surface area contributed by atoms with Gasteiger partial charge < -0.3 is 10.0 Å². The molecule has 1 N–H and O–H groups in total. The first-order valence-corrected chi connectivity index (χ1v) is 10.9. The molecule has 0 bridgehead atoms. The molecule has 180 valence electrons. The Balaban J connectivity index is 1.43. The molecule has 2 amide bonds.